The number of nitrogens with zero attached hydrogens (tertiary/aromatic N) is 3. The molecule has 0 amide bonds. The predicted octanol–water partition coefficient (Wildman–Crippen LogP) is 5.21. The largest absolute Gasteiger partial charge is 0.306 e. The molecule has 1 heterocycles. The molecule has 148 valence electrons. The minimum absolute atomic E-state index is 0. The Morgan fingerprint density at radius 3 is 2.33 bits per heavy atom. The number of hydrogen-bond acceptors (Lipinski definition) is 5. The number of halogens is 2. The Hall–Kier alpha value is -1.77. The van der Waals surface area contributed by atoms with Gasteiger partial charge in [0.1, 0.15) is 11.5 Å². The number of para-hydroxylation sites is 2. The minimum atomic E-state index is -3.41. The van der Waals surface area contributed by atoms with E-state index in [1.54, 1.807) is 31.2 Å². The SMILES string of the molecule is Cc1ccc(N2c3ccccc3N(CC=CCN(C)C)S2(O)O)c(F)c1.Cl. The van der Waals surface area contributed by atoms with Crippen LogP contribution < -0.4 is 8.61 Å². The Morgan fingerprint density at radius 2 is 1.70 bits per heavy atom. The fraction of sp³-hybridized carbons (Fsp3) is 0.263. The van der Waals surface area contributed by atoms with E-state index in [1.807, 2.05) is 43.3 Å². The molecule has 2 N–H and O–H groups in total. The number of hydrogen-bond donors (Lipinski definition) is 2. The Kier molecular flexibility index (Phi) is 6.77. The van der Waals surface area contributed by atoms with Crippen molar-refractivity contribution in [3.63, 3.8) is 0 Å². The van der Waals surface area contributed by atoms with Crippen LogP contribution in [0.15, 0.2) is 54.6 Å². The summed E-state index contributed by atoms with van der Waals surface area (Å²) in [5, 5.41) is 0. The van der Waals surface area contributed by atoms with Gasteiger partial charge in [0.05, 0.1) is 17.9 Å². The minimum Gasteiger partial charge on any atom is -0.306 e. The molecule has 3 rings (SSSR count). The van der Waals surface area contributed by atoms with Gasteiger partial charge in [-0.15, -0.1) is 12.4 Å². The number of aryl methyl sites for hydroxylation is 1. The van der Waals surface area contributed by atoms with Crippen LogP contribution in [0, 0.1) is 12.7 Å². The van der Waals surface area contributed by atoms with Crippen molar-refractivity contribution >= 4 is 40.4 Å². The summed E-state index contributed by atoms with van der Waals surface area (Å²) in [4.78, 5) is 2.01. The first kappa shape index (κ1) is 21.5. The summed E-state index contributed by atoms with van der Waals surface area (Å²) >= 11 is 0. The zero-order valence-electron chi connectivity index (χ0n) is 15.5. The molecule has 0 bridgehead atoms. The molecule has 0 fully saturated rings. The van der Waals surface area contributed by atoms with E-state index in [9.17, 15) is 13.5 Å². The fourth-order valence-corrected chi connectivity index (χ4v) is 4.63. The summed E-state index contributed by atoms with van der Waals surface area (Å²) in [5.74, 6) is -0.482. The molecular formula is C19H25ClFN3O2S. The quantitative estimate of drug-likeness (QED) is 0.659. The van der Waals surface area contributed by atoms with Crippen molar-refractivity contribution in [2.45, 2.75) is 6.92 Å². The standard InChI is InChI=1S/C19H24FN3O2S.ClH/c1-15-10-11-17(16(20)14-15)23-19-9-5-4-8-18(19)22(26(23,24)25)13-7-6-12-21(2)3;/h4-11,14,24-25H,12-13H2,1-3H3;1H. The van der Waals surface area contributed by atoms with Gasteiger partial charge in [-0.25, -0.2) is 13.0 Å². The zero-order chi connectivity index (χ0) is 18.9. The van der Waals surface area contributed by atoms with Gasteiger partial charge in [0.25, 0.3) is 0 Å². The van der Waals surface area contributed by atoms with Crippen LogP contribution in [0.4, 0.5) is 21.5 Å². The van der Waals surface area contributed by atoms with Crippen molar-refractivity contribution in [3.8, 4) is 0 Å². The van der Waals surface area contributed by atoms with Crippen molar-refractivity contribution in [1.82, 2.24) is 4.90 Å². The fourth-order valence-electron chi connectivity index (χ4n) is 2.90. The van der Waals surface area contributed by atoms with Crippen molar-refractivity contribution in [2.75, 3.05) is 35.8 Å². The van der Waals surface area contributed by atoms with Crippen LogP contribution >= 0.6 is 23.4 Å². The van der Waals surface area contributed by atoms with E-state index in [1.165, 1.54) is 14.7 Å². The molecule has 2 aromatic carbocycles. The smallest absolute Gasteiger partial charge is 0.148 e. The van der Waals surface area contributed by atoms with Crippen molar-refractivity contribution in [1.29, 1.82) is 0 Å². The topological polar surface area (TPSA) is 50.2 Å². The number of likely N-dealkylation sites (N-methyl/N-ethyl adjacent to an activating group) is 1. The Labute approximate surface area is 167 Å². The van der Waals surface area contributed by atoms with Gasteiger partial charge >= 0.3 is 0 Å². The van der Waals surface area contributed by atoms with E-state index < -0.39 is 16.8 Å². The lowest BCUT2D eigenvalue weighted by Gasteiger charge is -2.43. The second-order valence-electron chi connectivity index (χ2n) is 6.52. The predicted molar refractivity (Wildman–Crippen MR) is 115 cm³/mol. The average Bonchev–Trinajstić information content (AvgIpc) is 2.79. The second-order valence-corrected chi connectivity index (χ2v) is 8.31. The van der Waals surface area contributed by atoms with Gasteiger partial charge in [-0.2, -0.15) is 0 Å². The van der Waals surface area contributed by atoms with Crippen LogP contribution in [0.5, 0.6) is 0 Å². The summed E-state index contributed by atoms with van der Waals surface area (Å²) in [6.07, 6.45) is 3.85. The van der Waals surface area contributed by atoms with Crippen LogP contribution in [0.1, 0.15) is 5.56 Å². The highest BCUT2D eigenvalue weighted by molar-refractivity contribution is 8.27. The summed E-state index contributed by atoms with van der Waals surface area (Å²) in [5.41, 5.74) is 2.18. The second kappa shape index (κ2) is 8.50. The van der Waals surface area contributed by atoms with Crippen LogP contribution in [-0.2, 0) is 0 Å². The normalized spacial score (nSPS) is 16.6. The molecule has 1 aliphatic rings. The van der Waals surface area contributed by atoms with Gasteiger partial charge in [-0.3, -0.25) is 9.11 Å². The molecule has 0 unspecified atom stereocenters. The van der Waals surface area contributed by atoms with E-state index in [0.29, 0.717) is 17.9 Å². The maximum Gasteiger partial charge on any atom is 0.148 e. The molecule has 0 saturated heterocycles. The van der Waals surface area contributed by atoms with E-state index in [4.69, 9.17) is 0 Å². The third-order valence-electron chi connectivity index (χ3n) is 4.14. The first-order valence-electron chi connectivity index (χ1n) is 8.33. The Morgan fingerprint density at radius 1 is 1.04 bits per heavy atom. The first-order chi connectivity index (χ1) is 12.3. The van der Waals surface area contributed by atoms with Crippen molar-refractivity contribution in [3.05, 3.63) is 66.0 Å². The average molecular weight is 414 g/mol. The van der Waals surface area contributed by atoms with Crippen LogP contribution in [0.3, 0.4) is 0 Å². The lowest BCUT2D eigenvalue weighted by Crippen LogP contribution is -2.31. The Bertz CT molecular complexity index is 832. The number of rotatable bonds is 5. The lowest BCUT2D eigenvalue weighted by atomic mass is 10.2. The molecule has 2 aromatic rings. The molecule has 0 atom stereocenters. The van der Waals surface area contributed by atoms with Crippen LogP contribution in [0.2, 0.25) is 0 Å². The number of benzene rings is 2. The maximum absolute atomic E-state index is 14.6. The van der Waals surface area contributed by atoms with E-state index in [-0.39, 0.29) is 18.1 Å². The van der Waals surface area contributed by atoms with E-state index >= 15 is 0 Å². The van der Waals surface area contributed by atoms with Gasteiger partial charge < -0.3 is 4.90 Å². The molecular weight excluding hydrogens is 389 g/mol. The maximum atomic E-state index is 14.6. The van der Waals surface area contributed by atoms with Crippen molar-refractivity contribution < 1.29 is 13.5 Å². The highest BCUT2D eigenvalue weighted by atomic mass is 35.5. The van der Waals surface area contributed by atoms with Gasteiger partial charge in [-0.1, -0.05) is 30.4 Å². The summed E-state index contributed by atoms with van der Waals surface area (Å²) in [6.45, 7) is 2.87. The lowest BCUT2D eigenvalue weighted by molar-refractivity contribution is 0.456. The highest BCUT2D eigenvalue weighted by Crippen LogP contribution is 2.64. The monoisotopic (exact) mass is 413 g/mol. The molecule has 0 aromatic heterocycles. The van der Waals surface area contributed by atoms with Crippen LogP contribution in [0.25, 0.3) is 0 Å². The van der Waals surface area contributed by atoms with E-state index in [2.05, 4.69) is 0 Å². The zero-order valence-corrected chi connectivity index (χ0v) is 17.2. The molecule has 5 nitrogen and oxygen atoms in total. The number of anilines is 3. The van der Waals surface area contributed by atoms with Gasteiger partial charge in [0, 0.05) is 6.54 Å². The molecule has 0 spiro atoms. The number of fused-ring (bicyclic) bond motifs is 1. The van der Waals surface area contributed by atoms with Crippen LogP contribution in [-0.4, -0.2) is 41.2 Å². The van der Waals surface area contributed by atoms with Gasteiger partial charge in [-0.05, 0) is 61.8 Å². The summed E-state index contributed by atoms with van der Waals surface area (Å²) in [7, 11) is 0.512. The van der Waals surface area contributed by atoms with E-state index in [0.717, 1.165) is 12.1 Å². The molecule has 0 aliphatic carbocycles. The molecule has 27 heavy (non-hydrogen) atoms. The molecule has 0 radical (unpaired) electrons. The van der Waals surface area contributed by atoms with Gasteiger partial charge in [0.2, 0.25) is 0 Å². The molecule has 8 heteroatoms. The molecule has 0 saturated carbocycles. The molecule has 1 aliphatic heterocycles. The van der Waals surface area contributed by atoms with Gasteiger partial charge in [0.15, 0.2) is 0 Å². The Balaban J connectivity index is 0.00000261. The summed E-state index contributed by atoms with van der Waals surface area (Å²) in [6, 6.07) is 12.0. The third kappa shape index (κ3) is 4.23. The third-order valence-corrected chi connectivity index (χ3v) is 5.96. The first-order valence-corrected chi connectivity index (χ1v) is 9.79. The summed E-state index contributed by atoms with van der Waals surface area (Å²) < 4.78 is 39.3. The highest BCUT2D eigenvalue weighted by Gasteiger charge is 2.41. The van der Waals surface area contributed by atoms with Crippen molar-refractivity contribution in [2.24, 2.45) is 0 Å².